The lowest BCUT2D eigenvalue weighted by Crippen LogP contribution is -2.31. The van der Waals surface area contributed by atoms with Crippen molar-refractivity contribution in [3.63, 3.8) is 0 Å². The fourth-order valence-corrected chi connectivity index (χ4v) is 2.09. The van der Waals surface area contributed by atoms with Crippen molar-refractivity contribution in [1.29, 1.82) is 10.5 Å². The molecule has 2 rings (SSSR count). The van der Waals surface area contributed by atoms with Crippen LogP contribution >= 0.6 is 0 Å². The van der Waals surface area contributed by atoms with Crippen LogP contribution in [-0.4, -0.2) is 11.6 Å². The SMILES string of the molecule is CC1=NNC(=O)[C@@H]1[C@H](c1ccco1)C(C#N)C#N. The number of furan rings is 1. The van der Waals surface area contributed by atoms with Gasteiger partial charge < -0.3 is 4.42 Å². The summed E-state index contributed by atoms with van der Waals surface area (Å²) in [5, 5.41) is 21.9. The zero-order valence-corrected chi connectivity index (χ0v) is 9.62. The largest absolute Gasteiger partial charge is 0.469 e. The first-order valence-corrected chi connectivity index (χ1v) is 5.35. The Balaban J connectivity index is 2.44. The second-order valence-corrected chi connectivity index (χ2v) is 3.98. The first kappa shape index (κ1) is 11.9. The molecule has 0 radical (unpaired) electrons. The van der Waals surface area contributed by atoms with Crippen LogP contribution in [0.4, 0.5) is 0 Å². The number of carbonyl (C=O) groups excluding carboxylic acids is 1. The average Bonchev–Trinajstić information content (AvgIpc) is 2.99. The van der Waals surface area contributed by atoms with Crippen LogP contribution in [0.15, 0.2) is 27.9 Å². The highest BCUT2D eigenvalue weighted by Crippen LogP contribution is 2.35. The molecule has 1 N–H and O–H groups in total. The number of nitriles is 2. The minimum atomic E-state index is -0.963. The number of nitrogens with zero attached hydrogens (tertiary/aromatic N) is 3. The lowest BCUT2D eigenvalue weighted by molar-refractivity contribution is -0.122. The molecule has 0 aromatic carbocycles. The van der Waals surface area contributed by atoms with E-state index >= 15 is 0 Å². The summed E-state index contributed by atoms with van der Waals surface area (Å²) in [6, 6.07) is 7.12. The van der Waals surface area contributed by atoms with E-state index in [0.29, 0.717) is 11.5 Å². The van der Waals surface area contributed by atoms with Gasteiger partial charge in [-0.2, -0.15) is 15.6 Å². The van der Waals surface area contributed by atoms with Gasteiger partial charge in [-0.3, -0.25) is 4.79 Å². The van der Waals surface area contributed by atoms with Gasteiger partial charge in [0.05, 0.1) is 30.2 Å². The van der Waals surface area contributed by atoms with Gasteiger partial charge in [-0.1, -0.05) is 0 Å². The molecule has 1 aliphatic rings. The van der Waals surface area contributed by atoms with Crippen LogP contribution in [0.3, 0.4) is 0 Å². The molecule has 2 atom stereocenters. The molecule has 0 aliphatic carbocycles. The van der Waals surface area contributed by atoms with E-state index in [9.17, 15) is 4.79 Å². The van der Waals surface area contributed by atoms with E-state index in [1.54, 1.807) is 19.1 Å². The fraction of sp³-hybridized carbons (Fsp3) is 0.333. The average molecular weight is 242 g/mol. The topological polar surface area (TPSA) is 102 Å². The van der Waals surface area contributed by atoms with Gasteiger partial charge in [-0.15, -0.1) is 0 Å². The van der Waals surface area contributed by atoms with Gasteiger partial charge in [0.1, 0.15) is 11.7 Å². The number of nitrogens with one attached hydrogen (secondary N) is 1. The Hall–Kier alpha value is -2.60. The van der Waals surface area contributed by atoms with Crippen LogP contribution in [0, 0.1) is 34.5 Å². The maximum atomic E-state index is 11.8. The maximum absolute atomic E-state index is 11.8. The summed E-state index contributed by atoms with van der Waals surface area (Å²) in [4.78, 5) is 11.8. The highest BCUT2D eigenvalue weighted by Gasteiger charge is 2.42. The molecule has 90 valence electrons. The number of carbonyl (C=O) groups is 1. The van der Waals surface area contributed by atoms with E-state index in [2.05, 4.69) is 10.5 Å². The molecule has 6 nitrogen and oxygen atoms in total. The Morgan fingerprint density at radius 2 is 2.22 bits per heavy atom. The molecule has 0 unspecified atom stereocenters. The summed E-state index contributed by atoms with van der Waals surface area (Å²) >= 11 is 0. The van der Waals surface area contributed by atoms with Crippen LogP contribution in [0.1, 0.15) is 18.6 Å². The fourth-order valence-electron chi connectivity index (χ4n) is 2.09. The summed E-state index contributed by atoms with van der Waals surface area (Å²) in [5.74, 6) is -2.11. The van der Waals surface area contributed by atoms with Crippen molar-refractivity contribution in [2.75, 3.05) is 0 Å². The van der Waals surface area contributed by atoms with Crippen molar-refractivity contribution in [3.8, 4) is 12.1 Å². The predicted molar refractivity (Wildman–Crippen MR) is 60.9 cm³/mol. The zero-order chi connectivity index (χ0) is 13.1. The molecule has 0 spiro atoms. The molecule has 1 aliphatic heterocycles. The highest BCUT2D eigenvalue weighted by atomic mass is 16.3. The van der Waals surface area contributed by atoms with E-state index in [1.807, 2.05) is 12.1 Å². The van der Waals surface area contributed by atoms with Crippen LogP contribution in [0.25, 0.3) is 0 Å². The van der Waals surface area contributed by atoms with Gasteiger partial charge in [0, 0.05) is 5.71 Å². The van der Waals surface area contributed by atoms with Crippen molar-refractivity contribution in [2.24, 2.45) is 16.9 Å². The molecule has 6 heteroatoms. The smallest absolute Gasteiger partial charge is 0.249 e. The molecule has 1 aromatic rings. The molecular formula is C12H10N4O2. The third-order valence-corrected chi connectivity index (χ3v) is 2.94. The Kier molecular flexibility index (Phi) is 3.11. The first-order chi connectivity index (χ1) is 8.69. The molecule has 0 saturated carbocycles. The Bertz CT molecular complexity index is 548. The number of hydrazone groups is 1. The lowest BCUT2D eigenvalue weighted by Gasteiger charge is -2.20. The van der Waals surface area contributed by atoms with Crippen molar-refractivity contribution >= 4 is 11.6 Å². The van der Waals surface area contributed by atoms with Crippen LogP contribution in [0.2, 0.25) is 0 Å². The van der Waals surface area contributed by atoms with Gasteiger partial charge >= 0.3 is 0 Å². The summed E-state index contributed by atoms with van der Waals surface area (Å²) in [7, 11) is 0. The van der Waals surface area contributed by atoms with Gasteiger partial charge in [-0.05, 0) is 19.1 Å². The van der Waals surface area contributed by atoms with Crippen LogP contribution in [0.5, 0.6) is 0 Å². The molecule has 0 fully saturated rings. The standard InChI is InChI=1S/C12H10N4O2/c1-7-10(12(17)16-15-7)11(8(5-13)6-14)9-3-2-4-18-9/h2-4,8,10-11H,1H3,(H,16,17)/t10-,11-/m0/s1. The van der Waals surface area contributed by atoms with Gasteiger partial charge in [0.2, 0.25) is 5.91 Å². The predicted octanol–water partition coefficient (Wildman–Crippen LogP) is 1.15. The third kappa shape index (κ3) is 1.85. The monoisotopic (exact) mass is 242 g/mol. The summed E-state index contributed by atoms with van der Waals surface area (Å²) in [6.07, 6.45) is 1.45. The number of hydrogen-bond donors (Lipinski definition) is 1. The van der Waals surface area contributed by atoms with E-state index < -0.39 is 17.8 Å². The van der Waals surface area contributed by atoms with Crippen molar-refractivity contribution in [2.45, 2.75) is 12.8 Å². The first-order valence-electron chi connectivity index (χ1n) is 5.35. The Morgan fingerprint density at radius 3 is 2.67 bits per heavy atom. The van der Waals surface area contributed by atoms with Crippen LogP contribution < -0.4 is 5.43 Å². The molecule has 1 aromatic heterocycles. The summed E-state index contributed by atoms with van der Waals surface area (Å²) in [5.41, 5.74) is 2.91. The molecular weight excluding hydrogens is 232 g/mol. The van der Waals surface area contributed by atoms with Crippen molar-refractivity contribution in [3.05, 3.63) is 24.2 Å². The van der Waals surface area contributed by atoms with Crippen molar-refractivity contribution in [1.82, 2.24) is 5.43 Å². The molecule has 1 amide bonds. The second kappa shape index (κ2) is 4.72. The van der Waals surface area contributed by atoms with Crippen molar-refractivity contribution < 1.29 is 9.21 Å². The third-order valence-electron chi connectivity index (χ3n) is 2.94. The van der Waals surface area contributed by atoms with Gasteiger partial charge in [-0.25, -0.2) is 5.43 Å². The lowest BCUT2D eigenvalue weighted by atomic mass is 9.79. The van der Waals surface area contributed by atoms with E-state index in [-0.39, 0.29) is 5.91 Å². The zero-order valence-electron chi connectivity index (χ0n) is 9.62. The maximum Gasteiger partial charge on any atom is 0.249 e. The summed E-state index contributed by atoms with van der Waals surface area (Å²) < 4.78 is 5.25. The second-order valence-electron chi connectivity index (χ2n) is 3.98. The number of rotatable bonds is 3. The summed E-state index contributed by atoms with van der Waals surface area (Å²) in [6.45, 7) is 1.68. The number of amides is 1. The molecule has 18 heavy (non-hydrogen) atoms. The molecule has 2 heterocycles. The van der Waals surface area contributed by atoms with E-state index in [0.717, 1.165) is 0 Å². The quantitative estimate of drug-likeness (QED) is 0.858. The van der Waals surface area contributed by atoms with E-state index in [4.69, 9.17) is 14.9 Å². The Labute approximate surface area is 104 Å². The molecule has 0 saturated heterocycles. The minimum absolute atomic E-state index is 0.315. The Morgan fingerprint density at radius 1 is 1.50 bits per heavy atom. The number of hydrogen-bond acceptors (Lipinski definition) is 5. The van der Waals surface area contributed by atoms with Gasteiger partial charge in [0.15, 0.2) is 0 Å². The van der Waals surface area contributed by atoms with Crippen LogP contribution in [-0.2, 0) is 4.79 Å². The molecule has 0 bridgehead atoms. The van der Waals surface area contributed by atoms with Gasteiger partial charge in [0.25, 0.3) is 0 Å². The van der Waals surface area contributed by atoms with E-state index in [1.165, 1.54) is 6.26 Å². The normalized spacial score (nSPS) is 19.9. The highest BCUT2D eigenvalue weighted by molar-refractivity contribution is 6.07. The minimum Gasteiger partial charge on any atom is -0.469 e.